The maximum absolute atomic E-state index is 4.00. The summed E-state index contributed by atoms with van der Waals surface area (Å²) in [6.45, 7) is 3.06. The second kappa shape index (κ2) is 4.11. The molecule has 0 spiro atoms. The molecule has 74 valence electrons. The molecular formula is C10H12BrN3. The van der Waals surface area contributed by atoms with Gasteiger partial charge in [0.15, 0.2) is 0 Å². The third-order valence-corrected chi connectivity index (χ3v) is 2.89. The van der Waals surface area contributed by atoms with Crippen molar-refractivity contribution in [3.63, 3.8) is 0 Å². The number of nitrogens with one attached hydrogen (secondary N) is 1. The smallest absolute Gasteiger partial charge is 0.0843 e. The van der Waals surface area contributed by atoms with Crippen molar-refractivity contribution in [1.82, 2.24) is 15.4 Å². The highest BCUT2D eigenvalue weighted by Gasteiger charge is 2.22. The number of hydrazine groups is 1. The highest BCUT2D eigenvalue weighted by Crippen LogP contribution is 2.30. The zero-order valence-electron chi connectivity index (χ0n) is 7.94. The zero-order chi connectivity index (χ0) is 9.97. The standard InChI is InChI=1S/C10H12BrN3/c1-2-14-7-9(11)10(13-14)8-3-5-12-6-4-8/h3-7,10,13H,2H2,1H3. The van der Waals surface area contributed by atoms with Crippen molar-refractivity contribution in [3.8, 4) is 0 Å². The van der Waals surface area contributed by atoms with E-state index in [-0.39, 0.29) is 6.04 Å². The number of aromatic nitrogens is 1. The van der Waals surface area contributed by atoms with Gasteiger partial charge >= 0.3 is 0 Å². The lowest BCUT2D eigenvalue weighted by molar-refractivity contribution is 0.289. The number of pyridine rings is 1. The molecule has 1 aliphatic rings. The van der Waals surface area contributed by atoms with Crippen LogP contribution in [0.3, 0.4) is 0 Å². The van der Waals surface area contributed by atoms with Crippen LogP contribution in [0, 0.1) is 0 Å². The normalized spacial score (nSPS) is 21.1. The van der Waals surface area contributed by atoms with Gasteiger partial charge in [-0.2, -0.15) is 0 Å². The summed E-state index contributed by atoms with van der Waals surface area (Å²) in [5.74, 6) is 0. The molecule has 1 aromatic heterocycles. The van der Waals surface area contributed by atoms with Crippen molar-refractivity contribution in [3.05, 3.63) is 40.8 Å². The van der Waals surface area contributed by atoms with Gasteiger partial charge in [-0.1, -0.05) is 15.9 Å². The fourth-order valence-electron chi connectivity index (χ4n) is 1.46. The van der Waals surface area contributed by atoms with Crippen molar-refractivity contribution in [1.29, 1.82) is 0 Å². The minimum Gasteiger partial charge on any atom is -0.314 e. The predicted octanol–water partition coefficient (Wildman–Crippen LogP) is 2.20. The Morgan fingerprint density at radius 2 is 2.21 bits per heavy atom. The SMILES string of the molecule is CCN1C=C(Br)C(c2ccncc2)N1. The van der Waals surface area contributed by atoms with E-state index in [0.29, 0.717) is 0 Å². The molecule has 4 heteroatoms. The van der Waals surface area contributed by atoms with Crippen LogP contribution in [0.4, 0.5) is 0 Å². The minimum atomic E-state index is 0.234. The van der Waals surface area contributed by atoms with Crippen molar-refractivity contribution < 1.29 is 0 Å². The minimum absolute atomic E-state index is 0.234. The first-order valence-electron chi connectivity index (χ1n) is 4.61. The molecule has 0 bridgehead atoms. The lowest BCUT2D eigenvalue weighted by Gasteiger charge is -2.17. The number of hydrogen-bond acceptors (Lipinski definition) is 3. The Bertz CT molecular complexity index is 336. The third-order valence-electron chi connectivity index (χ3n) is 2.23. The van der Waals surface area contributed by atoms with Crippen LogP contribution in [-0.4, -0.2) is 16.5 Å². The molecule has 14 heavy (non-hydrogen) atoms. The first-order chi connectivity index (χ1) is 6.81. The van der Waals surface area contributed by atoms with Gasteiger partial charge in [0.2, 0.25) is 0 Å². The van der Waals surface area contributed by atoms with Crippen LogP contribution in [0.5, 0.6) is 0 Å². The van der Waals surface area contributed by atoms with Crippen LogP contribution in [-0.2, 0) is 0 Å². The topological polar surface area (TPSA) is 28.2 Å². The molecule has 1 aliphatic heterocycles. The van der Waals surface area contributed by atoms with E-state index < -0.39 is 0 Å². The van der Waals surface area contributed by atoms with Gasteiger partial charge in [0.1, 0.15) is 0 Å². The molecule has 0 saturated carbocycles. The largest absolute Gasteiger partial charge is 0.314 e. The van der Waals surface area contributed by atoms with Crippen LogP contribution in [0.1, 0.15) is 18.5 Å². The van der Waals surface area contributed by atoms with Gasteiger partial charge in [-0.25, -0.2) is 5.43 Å². The average Bonchev–Trinajstić information content (AvgIpc) is 2.61. The summed E-state index contributed by atoms with van der Waals surface area (Å²) < 4.78 is 1.16. The van der Waals surface area contributed by atoms with Gasteiger partial charge in [0.05, 0.1) is 6.04 Å². The highest BCUT2D eigenvalue weighted by molar-refractivity contribution is 9.11. The first-order valence-corrected chi connectivity index (χ1v) is 5.40. The molecule has 0 saturated heterocycles. The van der Waals surface area contributed by atoms with Crippen molar-refractivity contribution >= 4 is 15.9 Å². The van der Waals surface area contributed by atoms with Crippen LogP contribution < -0.4 is 5.43 Å². The van der Waals surface area contributed by atoms with E-state index in [1.807, 2.05) is 24.5 Å². The predicted molar refractivity (Wildman–Crippen MR) is 59.5 cm³/mol. The highest BCUT2D eigenvalue weighted by atomic mass is 79.9. The molecule has 0 fully saturated rings. The molecule has 0 radical (unpaired) electrons. The Morgan fingerprint density at radius 3 is 2.79 bits per heavy atom. The summed E-state index contributed by atoms with van der Waals surface area (Å²) in [6, 6.07) is 4.27. The van der Waals surface area contributed by atoms with Crippen molar-refractivity contribution in [2.24, 2.45) is 0 Å². The number of hydrogen-bond donors (Lipinski definition) is 1. The third kappa shape index (κ3) is 1.81. The van der Waals surface area contributed by atoms with E-state index >= 15 is 0 Å². The molecule has 2 heterocycles. The lowest BCUT2D eigenvalue weighted by atomic mass is 10.1. The summed E-state index contributed by atoms with van der Waals surface area (Å²) in [7, 11) is 0. The molecule has 0 aromatic carbocycles. The van der Waals surface area contributed by atoms with Crippen LogP contribution in [0.2, 0.25) is 0 Å². The lowest BCUT2D eigenvalue weighted by Crippen LogP contribution is -2.30. The van der Waals surface area contributed by atoms with E-state index in [2.05, 4.69) is 44.5 Å². The Morgan fingerprint density at radius 1 is 1.50 bits per heavy atom. The Kier molecular flexibility index (Phi) is 2.84. The van der Waals surface area contributed by atoms with Crippen LogP contribution in [0.15, 0.2) is 35.2 Å². The molecule has 0 aliphatic carbocycles. The summed E-state index contributed by atoms with van der Waals surface area (Å²) in [4.78, 5) is 4.00. The van der Waals surface area contributed by atoms with Gasteiger partial charge in [-0.3, -0.25) is 4.98 Å². The molecule has 1 atom stereocenters. The Hall–Kier alpha value is -0.870. The van der Waals surface area contributed by atoms with Crippen LogP contribution in [0.25, 0.3) is 0 Å². The molecule has 1 unspecified atom stereocenters. The second-order valence-electron chi connectivity index (χ2n) is 3.14. The molecular weight excluding hydrogens is 242 g/mol. The number of nitrogens with zero attached hydrogens (tertiary/aromatic N) is 2. The Labute approximate surface area is 91.9 Å². The van der Waals surface area contributed by atoms with Crippen LogP contribution >= 0.6 is 15.9 Å². The molecule has 2 rings (SSSR count). The summed E-state index contributed by atoms with van der Waals surface area (Å²) in [6.07, 6.45) is 5.70. The summed E-state index contributed by atoms with van der Waals surface area (Å²) >= 11 is 3.56. The summed E-state index contributed by atoms with van der Waals surface area (Å²) in [5, 5.41) is 2.06. The molecule has 1 aromatic rings. The van der Waals surface area contributed by atoms with E-state index in [1.165, 1.54) is 5.56 Å². The maximum Gasteiger partial charge on any atom is 0.0843 e. The van der Waals surface area contributed by atoms with Gasteiger partial charge in [-0.15, -0.1) is 0 Å². The fourth-order valence-corrected chi connectivity index (χ4v) is 2.07. The Balaban J connectivity index is 2.19. The van der Waals surface area contributed by atoms with E-state index in [0.717, 1.165) is 11.0 Å². The van der Waals surface area contributed by atoms with E-state index in [4.69, 9.17) is 0 Å². The first kappa shape index (κ1) is 9.68. The monoisotopic (exact) mass is 253 g/mol. The van der Waals surface area contributed by atoms with Gasteiger partial charge in [-0.05, 0) is 24.6 Å². The second-order valence-corrected chi connectivity index (χ2v) is 4.06. The molecule has 1 N–H and O–H groups in total. The maximum atomic E-state index is 4.00. The number of rotatable bonds is 2. The average molecular weight is 254 g/mol. The van der Waals surface area contributed by atoms with Gasteiger partial charge < -0.3 is 5.01 Å². The van der Waals surface area contributed by atoms with Crippen molar-refractivity contribution in [2.75, 3.05) is 6.54 Å². The van der Waals surface area contributed by atoms with E-state index in [9.17, 15) is 0 Å². The zero-order valence-corrected chi connectivity index (χ0v) is 9.53. The van der Waals surface area contributed by atoms with Gasteiger partial charge in [0.25, 0.3) is 0 Å². The molecule has 3 nitrogen and oxygen atoms in total. The molecule has 0 amide bonds. The van der Waals surface area contributed by atoms with Crippen molar-refractivity contribution in [2.45, 2.75) is 13.0 Å². The fraction of sp³-hybridized carbons (Fsp3) is 0.300. The summed E-state index contributed by atoms with van der Waals surface area (Å²) in [5.41, 5.74) is 4.59. The van der Waals surface area contributed by atoms with Gasteiger partial charge in [0, 0.05) is 29.6 Å². The number of halogens is 1. The van der Waals surface area contributed by atoms with E-state index in [1.54, 1.807) is 0 Å². The quantitative estimate of drug-likeness (QED) is 0.876.